The molecule has 0 radical (unpaired) electrons. The average Bonchev–Trinajstić information content (AvgIpc) is 2.91. The van der Waals surface area contributed by atoms with Crippen LogP contribution in [0.2, 0.25) is 0 Å². The van der Waals surface area contributed by atoms with Crippen LogP contribution in [0.3, 0.4) is 0 Å². The van der Waals surface area contributed by atoms with Gasteiger partial charge in [-0.2, -0.15) is 0 Å². The summed E-state index contributed by atoms with van der Waals surface area (Å²) in [5, 5.41) is 3.94. The zero-order valence-electron chi connectivity index (χ0n) is 17.4. The lowest BCUT2D eigenvalue weighted by Crippen LogP contribution is -2.36. The number of anilines is 2. The maximum atomic E-state index is 14.9. The summed E-state index contributed by atoms with van der Waals surface area (Å²) in [4.78, 5) is 44.0. The van der Waals surface area contributed by atoms with Gasteiger partial charge in [-0.05, 0) is 18.2 Å². The highest BCUT2D eigenvalue weighted by Crippen LogP contribution is 2.28. The molecule has 2 heterocycles. The van der Waals surface area contributed by atoms with E-state index in [1.807, 2.05) is 4.90 Å². The van der Waals surface area contributed by atoms with Gasteiger partial charge in [0.05, 0.1) is 37.6 Å². The monoisotopic (exact) mass is 422 g/mol. The lowest BCUT2D eigenvalue weighted by molar-refractivity contribution is -0.185. The van der Waals surface area contributed by atoms with E-state index >= 15 is 0 Å². The van der Waals surface area contributed by atoms with Gasteiger partial charge in [-0.15, -0.1) is 0 Å². The first kappa shape index (κ1) is 21.8. The number of hydrogen-bond donors (Lipinski definition) is 1. The van der Waals surface area contributed by atoms with Crippen molar-refractivity contribution >= 4 is 29.3 Å². The summed E-state index contributed by atoms with van der Waals surface area (Å²) < 4.78 is 20.1. The maximum absolute atomic E-state index is 14.9. The van der Waals surface area contributed by atoms with Crippen molar-refractivity contribution in [1.82, 2.24) is 10.4 Å². The van der Waals surface area contributed by atoms with Crippen LogP contribution in [0.1, 0.15) is 20.8 Å². The van der Waals surface area contributed by atoms with Gasteiger partial charge in [-0.25, -0.2) is 14.2 Å². The molecule has 2 aliphatic heterocycles. The van der Waals surface area contributed by atoms with E-state index in [4.69, 9.17) is 9.57 Å². The number of nitrogens with one attached hydrogen (secondary N) is 1. The zero-order valence-corrected chi connectivity index (χ0v) is 17.4. The second-order valence-corrected chi connectivity index (χ2v) is 7.60. The van der Waals surface area contributed by atoms with Gasteiger partial charge in [-0.3, -0.25) is 19.3 Å². The van der Waals surface area contributed by atoms with Gasteiger partial charge in [0, 0.05) is 25.9 Å². The Morgan fingerprint density at radius 3 is 2.70 bits per heavy atom. The van der Waals surface area contributed by atoms with Gasteiger partial charge in [0.15, 0.2) is 0 Å². The van der Waals surface area contributed by atoms with Gasteiger partial charge >= 0.3 is 6.09 Å². The first-order valence-electron chi connectivity index (χ1n) is 9.97. The molecule has 1 aromatic carbocycles. The number of ether oxygens (including phenoxy) is 1. The van der Waals surface area contributed by atoms with Crippen molar-refractivity contribution < 1.29 is 28.3 Å². The summed E-state index contributed by atoms with van der Waals surface area (Å²) in [5.74, 6) is -0.972. The third-order valence-corrected chi connectivity index (χ3v) is 4.96. The van der Waals surface area contributed by atoms with Crippen LogP contribution >= 0.6 is 0 Å². The third-order valence-electron chi connectivity index (χ3n) is 4.96. The second-order valence-electron chi connectivity index (χ2n) is 7.60. The molecule has 0 saturated carbocycles. The van der Waals surface area contributed by atoms with Crippen molar-refractivity contribution in [2.24, 2.45) is 5.92 Å². The van der Waals surface area contributed by atoms with Crippen LogP contribution in [0.4, 0.5) is 20.6 Å². The van der Waals surface area contributed by atoms with Gasteiger partial charge < -0.3 is 15.0 Å². The molecule has 0 spiro atoms. The fourth-order valence-corrected chi connectivity index (χ4v) is 3.37. The molecule has 3 amide bonds. The fraction of sp³-hybridized carbons (Fsp3) is 0.550. The molecule has 30 heavy (non-hydrogen) atoms. The molecule has 0 unspecified atom stereocenters. The van der Waals surface area contributed by atoms with Gasteiger partial charge in [0.2, 0.25) is 11.8 Å². The predicted molar refractivity (Wildman–Crippen MR) is 107 cm³/mol. The molecule has 3 rings (SSSR count). The van der Waals surface area contributed by atoms with Crippen LogP contribution in [-0.4, -0.2) is 68.4 Å². The van der Waals surface area contributed by atoms with E-state index in [2.05, 4.69) is 5.32 Å². The molecule has 2 saturated heterocycles. The summed E-state index contributed by atoms with van der Waals surface area (Å²) in [5.41, 5.74) is 0.762. The molecule has 9 nitrogen and oxygen atoms in total. The van der Waals surface area contributed by atoms with Crippen molar-refractivity contribution in [3.05, 3.63) is 24.0 Å². The predicted octanol–water partition coefficient (Wildman–Crippen LogP) is 1.52. The third kappa shape index (κ3) is 4.99. The number of halogens is 1. The number of amides is 3. The largest absolute Gasteiger partial charge is 0.442 e. The molecule has 164 valence electrons. The quantitative estimate of drug-likeness (QED) is 0.774. The van der Waals surface area contributed by atoms with Crippen LogP contribution in [0, 0.1) is 11.7 Å². The lowest BCUT2D eigenvalue weighted by Gasteiger charge is -2.24. The lowest BCUT2D eigenvalue weighted by atomic mass is 10.2. The van der Waals surface area contributed by atoms with E-state index in [9.17, 15) is 18.8 Å². The van der Waals surface area contributed by atoms with Crippen molar-refractivity contribution in [1.29, 1.82) is 0 Å². The summed E-state index contributed by atoms with van der Waals surface area (Å²) in [6, 6.07) is 4.56. The highest BCUT2D eigenvalue weighted by atomic mass is 19.1. The normalized spacial score (nSPS) is 19.7. The molecule has 1 aromatic rings. The molecule has 0 aliphatic carbocycles. The van der Waals surface area contributed by atoms with Crippen molar-refractivity contribution in [2.75, 3.05) is 49.1 Å². The van der Waals surface area contributed by atoms with E-state index in [-0.39, 0.29) is 37.4 Å². The molecule has 1 atom stereocenters. The topological polar surface area (TPSA) is 91.4 Å². The van der Waals surface area contributed by atoms with Crippen LogP contribution in [0.15, 0.2) is 18.2 Å². The van der Waals surface area contributed by atoms with Crippen LogP contribution in [0.25, 0.3) is 0 Å². The van der Waals surface area contributed by atoms with Crippen molar-refractivity contribution in [3.63, 3.8) is 0 Å². The van der Waals surface area contributed by atoms with Crippen LogP contribution < -0.4 is 15.1 Å². The fourth-order valence-electron chi connectivity index (χ4n) is 3.37. The summed E-state index contributed by atoms with van der Waals surface area (Å²) in [6.07, 6.45) is -1.07. The number of hydroxylamine groups is 2. The number of benzene rings is 1. The molecular formula is C20H27FN4O5. The maximum Gasteiger partial charge on any atom is 0.414 e. The Kier molecular flexibility index (Phi) is 6.76. The Morgan fingerprint density at radius 2 is 2.03 bits per heavy atom. The van der Waals surface area contributed by atoms with Gasteiger partial charge in [-0.1, -0.05) is 13.8 Å². The minimum atomic E-state index is -0.580. The van der Waals surface area contributed by atoms with Crippen LogP contribution in [0.5, 0.6) is 0 Å². The number of carbonyl (C=O) groups is 3. The van der Waals surface area contributed by atoms with Gasteiger partial charge in [0.1, 0.15) is 11.9 Å². The summed E-state index contributed by atoms with van der Waals surface area (Å²) >= 11 is 0. The standard InChI is InChI=1S/C20H27FN4O5/c1-13(2)19(27)25-7-6-23(8-9-29-25)18-5-4-15(10-17(18)21)24-12-16(30-20(24)28)11-22-14(3)26/h4-5,10,13,16H,6-9,11-12H2,1-3H3,(H,22,26)/t16-/m0/s1. The van der Waals surface area contributed by atoms with E-state index in [1.165, 1.54) is 23.0 Å². The highest BCUT2D eigenvalue weighted by molar-refractivity contribution is 5.90. The van der Waals surface area contributed by atoms with Gasteiger partial charge in [0.25, 0.3) is 0 Å². The van der Waals surface area contributed by atoms with E-state index in [1.54, 1.807) is 26.0 Å². The Hall–Kier alpha value is -2.88. The molecule has 1 N–H and O–H groups in total. The number of cyclic esters (lactones) is 1. The number of hydrogen-bond acceptors (Lipinski definition) is 6. The Labute approximate surface area is 174 Å². The highest BCUT2D eigenvalue weighted by Gasteiger charge is 2.33. The summed E-state index contributed by atoms with van der Waals surface area (Å²) in [6.45, 7) is 6.88. The number of nitrogens with zero attached hydrogens (tertiary/aromatic N) is 3. The average molecular weight is 422 g/mol. The van der Waals surface area contributed by atoms with Crippen LogP contribution in [-0.2, 0) is 19.2 Å². The summed E-state index contributed by atoms with van der Waals surface area (Å²) in [7, 11) is 0. The van der Waals surface area contributed by atoms with Crippen molar-refractivity contribution in [3.8, 4) is 0 Å². The van der Waals surface area contributed by atoms with E-state index in [0.29, 0.717) is 31.0 Å². The van der Waals surface area contributed by atoms with Crippen molar-refractivity contribution in [2.45, 2.75) is 26.9 Å². The molecule has 2 fully saturated rings. The van der Waals surface area contributed by atoms with E-state index in [0.717, 1.165) is 0 Å². The first-order chi connectivity index (χ1) is 14.3. The molecule has 0 aromatic heterocycles. The second kappa shape index (κ2) is 9.29. The smallest absolute Gasteiger partial charge is 0.414 e. The molecule has 2 aliphatic rings. The Balaban J connectivity index is 1.66. The zero-order chi connectivity index (χ0) is 21.8. The first-order valence-corrected chi connectivity index (χ1v) is 9.97. The molecular weight excluding hydrogens is 395 g/mol. The minimum absolute atomic E-state index is 0.103. The molecule has 10 heteroatoms. The van der Waals surface area contributed by atoms with E-state index < -0.39 is 18.0 Å². The number of rotatable bonds is 5. The molecule has 0 bridgehead atoms. The number of carbonyl (C=O) groups excluding carboxylic acids is 3. The Morgan fingerprint density at radius 1 is 1.27 bits per heavy atom. The minimum Gasteiger partial charge on any atom is -0.442 e. The Bertz CT molecular complexity index is 818. The SMILES string of the molecule is CC(=O)NC[C@H]1CN(c2ccc(N3CCON(C(=O)C(C)C)CC3)c(F)c2)C(=O)O1.